The van der Waals surface area contributed by atoms with Gasteiger partial charge in [-0.3, -0.25) is 9.88 Å². The Labute approximate surface area is 142 Å². The molecule has 2 aromatic heterocycles. The molecule has 0 radical (unpaired) electrons. The van der Waals surface area contributed by atoms with Crippen LogP contribution in [0.3, 0.4) is 0 Å². The van der Waals surface area contributed by atoms with E-state index in [1.807, 2.05) is 24.7 Å². The fraction of sp³-hybridized carbons (Fsp3) is 0.500. The van der Waals surface area contributed by atoms with E-state index in [-0.39, 0.29) is 6.04 Å². The molecule has 4 rings (SSSR count). The molecule has 1 atom stereocenters. The minimum atomic E-state index is 0.0922. The van der Waals surface area contributed by atoms with Crippen molar-refractivity contribution in [1.29, 1.82) is 0 Å². The van der Waals surface area contributed by atoms with E-state index in [1.54, 1.807) is 0 Å². The SMILES string of the molecule is c1cc(CN2CCOCC2c2nccc(NCC3CC3)n2)ccn1. The number of nitrogens with one attached hydrogen (secondary N) is 1. The van der Waals surface area contributed by atoms with Crippen molar-refractivity contribution in [3.05, 3.63) is 48.2 Å². The quantitative estimate of drug-likeness (QED) is 0.879. The molecular weight excluding hydrogens is 302 g/mol. The maximum Gasteiger partial charge on any atom is 0.150 e. The predicted octanol–water partition coefficient (Wildman–Crippen LogP) is 2.27. The second-order valence-corrected chi connectivity index (χ2v) is 6.54. The molecule has 6 heteroatoms. The molecule has 0 bridgehead atoms. The summed E-state index contributed by atoms with van der Waals surface area (Å²) in [6.07, 6.45) is 8.19. The third kappa shape index (κ3) is 3.88. The summed E-state index contributed by atoms with van der Waals surface area (Å²) in [7, 11) is 0. The maximum absolute atomic E-state index is 5.70. The van der Waals surface area contributed by atoms with E-state index < -0.39 is 0 Å². The molecule has 1 aliphatic carbocycles. The van der Waals surface area contributed by atoms with Gasteiger partial charge in [0.05, 0.1) is 19.3 Å². The zero-order valence-electron chi connectivity index (χ0n) is 13.8. The first kappa shape index (κ1) is 15.5. The monoisotopic (exact) mass is 325 g/mol. The van der Waals surface area contributed by atoms with E-state index in [0.29, 0.717) is 6.61 Å². The summed E-state index contributed by atoms with van der Waals surface area (Å²) in [6, 6.07) is 6.15. The van der Waals surface area contributed by atoms with Crippen LogP contribution in [0, 0.1) is 5.92 Å². The predicted molar refractivity (Wildman–Crippen MR) is 91.5 cm³/mol. The van der Waals surface area contributed by atoms with Crippen LogP contribution in [0.15, 0.2) is 36.8 Å². The topological polar surface area (TPSA) is 63.2 Å². The number of rotatable bonds is 6. The Morgan fingerprint density at radius 2 is 2.04 bits per heavy atom. The van der Waals surface area contributed by atoms with Crippen molar-refractivity contribution >= 4 is 5.82 Å². The number of pyridine rings is 1. The molecule has 126 valence electrons. The standard InChI is InChI=1S/C18H23N5O/c1-2-14(1)11-21-17-5-8-20-18(22-17)16-13-24-10-9-23(16)12-15-3-6-19-7-4-15/h3-8,14,16H,1-2,9-13H2,(H,20,21,22). The fourth-order valence-electron chi connectivity index (χ4n) is 2.99. The first-order chi connectivity index (χ1) is 11.9. The first-order valence-corrected chi connectivity index (χ1v) is 8.66. The van der Waals surface area contributed by atoms with E-state index >= 15 is 0 Å². The molecule has 1 saturated heterocycles. The second-order valence-electron chi connectivity index (χ2n) is 6.54. The van der Waals surface area contributed by atoms with E-state index in [4.69, 9.17) is 9.72 Å². The average molecular weight is 325 g/mol. The van der Waals surface area contributed by atoms with Gasteiger partial charge in [0.2, 0.25) is 0 Å². The molecule has 1 saturated carbocycles. The third-order valence-corrected chi connectivity index (χ3v) is 4.62. The van der Waals surface area contributed by atoms with Crippen LogP contribution in [0.25, 0.3) is 0 Å². The van der Waals surface area contributed by atoms with Crippen LogP contribution >= 0.6 is 0 Å². The molecule has 0 amide bonds. The van der Waals surface area contributed by atoms with Gasteiger partial charge in [0.25, 0.3) is 0 Å². The Hall–Kier alpha value is -2.05. The second kappa shape index (κ2) is 7.23. The highest BCUT2D eigenvalue weighted by atomic mass is 16.5. The van der Waals surface area contributed by atoms with Crippen LogP contribution < -0.4 is 5.32 Å². The number of anilines is 1. The lowest BCUT2D eigenvalue weighted by molar-refractivity contribution is -0.0159. The summed E-state index contributed by atoms with van der Waals surface area (Å²) in [5.74, 6) is 2.58. The molecule has 24 heavy (non-hydrogen) atoms. The summed E-state index contributed by atoms with van der Waals surface area (Å²) >= 11 is 0. The maximum atomic E-state index is 5.70. The van der Waals surface area contributed by atoms with Gasteiger partial charge in [-0.05, 0) is 42.5 Å². The largest absolute Gasteiger partial charge is 0.378 e. The summed E-state index contributed by atoms with van der Waals surface area (Å²) in [4.78, 5) is 15.7. The zero-order valence-corrected chi connectivity index (χ0v) is 13.8. The van der Waals surface area contributed by atoms with Gasteiger partial charge in [-0.1, -0.05) is 0 Å². The van der Waals surface area contributed by atoms with Crippen LogP contribution in [-0.4, -0.2) is 46.2 Å². The van der Waals surface area contributed by atoms with E-state index in [1.165, 1.54) is 18.4 Å². The number of hydrogen-bond donors (Lipinski definition) is 1. The van der Waals surface area contributed by atoms with Gasteiger partial charge in [-0.15, -0.1) is 0 Å². The third-order valence-electron chi connectivity index (χ3n) is 4.62. The average Bonchev–Trinajstić information content (AvgIpc) is 3.46. The summed E-state index contributed by atoms with van der Waals surface area (Å²) in [6.45, 7) is 4.15. The number of aromatic nitrogens is 3. The van der Waals surface area contributed by atoms with Crippen molar-refractivity contribution in [3.8, 4) is 0 Å². The van der Waals surface area contributed by atoms with Gasteiger partial charge in [-0.2, -0.15) is 0 Å². The Morgan fingerprint density at radius 3 is 2.88 bits per heavy atom. The molecule has 0 spiro atoms. The van der Waals surface area contributed by atoms with Crippen LogP contribution in [-0.2, 0) is 11.3 Å². The first-order valence-electron chi connectivity index (χ1n) is 8.66. The van der Waals surface area contributed by atoms with Gasteiger partial charge in [-0.25, -0.2) is 9.97 Å². The number of morpholine rings is 1. The number of ether oxygens (including phenoxy) is 1. The van der Waals surface area contributed by atoms with E-state index in [9.17, 15) is 0 Å². The summed E-state index contributed by atoms with van der Waals surface area (Å²) in [5.41, 5.74) is 1.25. The van der Waals surface area contributed by atoms with Crippen molar-refractivity contribution in [1.82, 2.24) is 19.9 Å². The van der Waals surface area contributed by atoms with Gasteiger partial charge >= 0.3 is 0 Å². The van der Waals surface area contributed by atoms with Crippen molar-refractivity contribution in [3.63, 3.8) is 0 Å². The molecule has 6 nitrogen and oxygen atoms in total. The Bertz CT molecular complexity index is 661. The van der Waals surface area contributed by atoms with Crippen LogP contribution in [0.4, 0.5) is 5.82 Å². The summed E-state index contributed by atoms with van der Waals surface area (Å²) in [5, 5.41) is 3.43. The van der Waals surface area contributed by atoms with Crippen LogP contribution in [0.2, 0.25) is 0 Å². The molecule has 3 heterocycles. The highest BCUT2D eigenvalue weighted by molar-refractivity contribution is 5.33. The van der Waals surface area contributed by atoms with E-state index in [2.05, 4.69) is 32.3 Å². The lowest BCUT2D eigenvalue weighted by Gasteiger charge is -2.34. The van der Waals surface area contributed by atoms with Crippen LogP contribution in [0.5, 0.6) is 0 Å². The molecule has 1 N–H and O–H groups in total. The normalized spacial score (nSPS) is 21.6. The van der Waals surface area contributed by atoms with Gasteiger partial charge < -0.3 is 10.1 Å². The molecular formula is C18H23N5O. The van der Waals surface area contributed by atoms with Crippen molar-refractivity contribution < 1.29 is 4.74 Å². The van der Waals surface area contributed by atoms with Gasteiger partial charge in [0, 0.05) is 38.2 Å². The van der Waals surface area contributed by atoms with Gasteiger partial charge in [0.15, 0.2) is 0 Å². The fourth-order valence-corrected chi connectivity index (χ4v) is 2.99. The molecule has 2 fully saturated rings. The number of hydrogen-bond acceptors (Lipinski definition) is 6. The zero-order chi connectivity index (χ0) is 16.2. The Kier molecular flexibility index (Phi) is 4.66. The molecule has 2 aliphatic rings. The minimum Gasteiger partial charge on any atom is -0.378 e. The minimum absolute atomic E-state index is 0.0922. The highest BCUT2D eigenvalue weighted by Gasteiger charge is 2.27. The Morgan fingerprint density at radius 1 is 1.17 bits per heavy atom. The van der Waals surface area contributed by atoms with Gasteiger partial charge in [0.1, 0.15) is 11.6 Å². The molecule has 1 aliphatic heterocycles. The molecule has 0 aromatic carbocycles. The van der Waals surface area contributed by atoms with Crippen molar-refractivity contribution in [2.24, 2.45) is 5.92 Å². The van der Waals surface area contributed by atoms with Crippen molar-refractivity contribution in [2.75, 3.05) is 31.6 Å². The lowest BCUT2D eigenvalue weighted by atomic mass is 10.1. The smallest absolute Gasteiger partial charge is 0.150 e. The van der Waals surface area contributed by atoms with E-state index in [0.717, 1.165) is 43.8 Å². The lowest BCUT2D eigenvalue weighted by Crippen LogP contribution is -2.39. The number of nitrogens with zero attached hydrogens (tertiary/aromatic N) is 4. The Balaban J connectivity index is 1.48. The summed E-state index contributed by atoms with van der Waals surface area (Å²) < 4.78 is 5.70. The highest BCUT2D eigenvalue weighted by Crippen LogP contribution is 2.29. The molecule has 1 unspecified atom stereocenters. The van der Waals surface area contributed by atoms with Crippen molar-refractivity contribution in [2.45, 2.75) is 25.4 Å². The van der Waals surface area contributed by atoms with Crippen LogP contribution in [0.1, 0.15) is 30.3 Å². The molecule has 2 aromatic rings.